The summed E-state index contributed by atoms with van der Waals surface area (Å²) in [6.07, 6.45) is 1.16. The fraction of sp³-hybridized carbons (Fsp3) is 0.471. The van der Waals surface area contributed by atoms with Crippen molar-refractivity contribution in [2.75, 3.05) is 38.2 Å². The number of methoxy groups -OCH3 is 1. The van der Waals surface area contributed by atoms with Gasteiger partial charge in [0.05, 0.1) is 12.8 Å². The average Bonchev–Trinajstić information content (AvgIpc) is 2.83. The quantitative estimate of drug-likeness (QED) is 0.783. The van der Waals surface area contributed by atoms with E-state index in [0.29, 0.717) is 0 Å². The Morgan fingerprint density at radius 1 is 1.26 bits per heavy atom. The third-order valence-electron chi connectivity index (χ3n) is 4.10. The summed E-state index contributed by atoms with van der Waals surface area (Å²) in [5.74, 6) is 0.963. The minimum atomic E-state index is 0.924. The van der Waals surface area contributed by atoms with Crippen molar-refractivity contribution in [3.63, 3.8) is 0 Å². The largest absolute Gasteiger partial charge is 0.496 e. The summed E-state index contributed by atoms with van der Waals surface area (Å²) >= 11 is 5.31. The number of rotatable bonds is 4. The zero-order valence-corrected chi connectivity index (χ0v) is 16.0. The molecule has 0 amide bonds. The van der Waals surface area contributed by atoms with Crippen molar-refractivity contribution in [2.24, 2.45) is 0 Å². The second-order valence-electron chi connectivity index (χ2n) is 5.84. The SMILES string of the molecule is COc1ccc(Br)cc1CN1CCCN(c2nc(C)cs2)CC1. The number of aryl methyl sites for hydroxylation is 1. The van der Waals surface area contributed by atoms with Crippen molar-refractivity contribution in [3.8, 4) is 5.75 Å². The lowest BCUT2D eigenvalue weighted by atomic mass is 10.2. The molecule has 1 aliphatic rings. The highest BCUT2D eigenvalue weighted by Crippen LogP contribution is 2.26. The topological polar surface area (TPSA) is 28.6 Å². The molecule has 124 valence electrons. The molecular formula is C17H22BrN3OS. The molecule has 3 rings (SSSR count). The fourth-order valence-electron chi connectivity index (χ4n) is 2.92. The number of thiazole rings is 1. The number of hydrogen-bond donors (Lipinski definition) is 0. The van der Waals surface area contributed by atoms with Gasteiger partial charge in [-0.15, -0.1) is 11.3 Å². The van der Waals surface area contributed by atoms with Gasteiger partial charge in [-0.1, -0.05) is 15.9 Å². The molecule has 1 aromatic heterocycles. The maximum atomic E-state index is 5.50. The highest BCUT2D eigenvalue weighted by molar-refractivity contribution is 9.10. The zero-order valence-electron chi connectivity index (χ0n) is 13.6. The number of nitrogens with zero attached hydrogens (tertiary/aromatic N) is 3. The number of halogens is 1. The van der Waals surface area contributed by atoms with Crippen molar-refractivity contribution in [1.29, 1.82) is 0 Å². The van der Waals surface area contributed by atoms with Crippen LogP contribution in [0.2, 0.25) is 0 Å². The second kappa shape index (κ2) is 7.64. The molecule has 1 saturated heterocycles. The van der Waals surface area contributed by atoms with Gasteiger partial charge in [0, 0.05) is 48.1 Å². The van der Waals surface area contributed by atoms with Crippen molar-refractivity contribution in [2.45, 2.75) is 19.9 Å². The number of aromatic nitrogens is 1. The van der Waals surface area contributed by atoms with Gasteiger partial charge >= 0.3 is 0 Å². The highest BCUT2D eigenvalue weighted by atomic mass is 79.9. The van der Waals surface area contributed by atoms with E-state index in [1.54, 1.807) is 18.4 Å². The van der Waals surface area contributed by atoms with Crippen molar-refractivity contribution >= 4 is 32.4 Å². The highest BCUT2D eigenvalue weighted by Gasteiger charge is 2.18. The molecule has 0 spiro atoms. The molecule has 0 radical (unpaired) electrons. The maximum absolute atomic E-state index is 5.50. The van der Waals surface area contributed by atoms with Crippen LogP contribution in [0.15, 0.2) is 28.1 Å². The summed E-state index contributed by atoms with van der Waals surface area (Å²) in [5.41, 5.74) is 2.35. The zero-order chi connectivity index (χ0) is 16.2. The molecule has 0 bridgehead atoms. The number of anilines is 1. The van der Waals surface area contributed by atoms with Crippen LogP contribution in [0.3, 0.4) is 0 Å². The van der Waals surface area contributed by atoms with E-state index < -0.39 is 0 Å². The van der Waals surface area contributed by atoms with Gasteiger partial charge in [-0.2, -0.15) is 0 Å². The van der Waals surface area contributed by atoms with Crippen LogP contribution in [0.4, 0.5) is 5.13 Å². The van der Waals surface area contributed by atoms with Crippen LogP contribution >= 0.6 is 27.3 Å². The second-order valence-corrected chi connectivity index (χ2v) is 7.60. The molecule has 0 saturated carbocycles. The normalized spacial score (nSPS) is 16.4. The van der Waals surface area contributed by atoms with Crippen molar-refractivity contribution < 1.29 is 4.74 Å². The van der Waals surface area contributed by atoms with Gasteiger partial charge in [0.25, 0.3) is 0 Å². The van der Waals surface area contributed by atoms with E-state index in [9.17, 15) is 0 Å². The Labute approximate surface area is 150 Å². The van der Waals surface area contributed by atoms with Crippen molar-refractivity contribution in [1.82, 2.24) is 9.88 Å². The van der Waals surface area contributed by atoms with E-state index in [4.69, 9.17) is 4.74 Å². The Kier molecular flexibility index (Phi) is 5.56. The maximum Gasteiger partial charge on any atom is 0.185 e. The molecule has 0 atom stereocenters. The summed E-state index contributed by atoms with van der Waals surface area (Å²) in [6.45, 7) is 7.25. The first-order valence-corrected chi connectivity index (χ1v) is 9.55. The molecule has 0 N–H and O–H groups in total. The van der Waals surface area contributed by atoms with Gasteiger partial charge in [-0.3, -0.25) is 4.90 Å². The molecule has 1 aromatic carbocycles. The summed E-state index contributed by atoms with van der Waals surface area (Å²) in [6, 6.07) is 6.21. The predicted molar refractivity (Wildman–Crippen MR) is 99.7 cm³/mol. The van der Waals surface area contributed by atoms with E-state index in [2.05, 4.69) is 49.1 Å². The first-order chi connectivity index (χ1) is 11.2. The molecule has 1 fully saturated rings. The van der Waals surface area contributed by atoms with Gasteiger partial charge in [0.2, 0.25) is 0 Å². The van der Waals surface area contributed by atoms with Gasteiger partial charge in [-0.05, 0) is 31.5 Å². The predicted octanol–water partition coefficient (Wildman–Crippen LogP) is 3.93. The monoisotopic (exact) mass is 395 g/mol. The van der Waals surface area contributed by atoms with Crippen LogP contribution < -0.4 is 9.64 Å². The van der Waals surface area contributed by atoms with Gasteiger partial charge in [0.15, 0.2) is 5.13 Å². The lowest BCUT2D eigenvalue weighted by molar-refractivity contribution is 0.279. The molecule has 6 heteroatoms. The summed E-state index contributed by atoms with van der Waals surface area (Å²) < 4.78 is 6.60. The van der Waals surface area contributed by atoms with Gasteiger partial charge < -0.3 is 9.64 Å². The average molecular weight is 396 g/mol. The molecule has 23 heavy (non-hydrogen) atoms. The van der Waals surface area contributed by atoms with Crippen molar-refractivity contribution in [3.05, 3.63) is 39.3 Å². The number of benzene rings is 1. The van der Waals surface area contributed by atoms with Gasteiger partial charge in [-0.25, -0.2) is 4.98 Å². The Bertz CT molecular complexity index is 661. The molecule has 2 aromatic rings. The Morgan fingerprint density at radius 3 is 2.87 bits per heavy atom. The Morgan fingerprint density at radius 2 is 2.13 bits per heavy atom. The third kappa shape index (κ3) is 4.25. The van der Waals surface area contributed by atoms with Crippen LogP contribution in [0.1, 0.15) is 17.7 Å². The molecule has 1 aliphatic heterocycles. The molecule has 4 nitrogen and oxygen atoms in total. The van der Waals surface area contributed by atoms with E-state index >= 15 is 0 Å². The first kappa shape index (κ1) is 16.7. The van der Waals surface area contributed by atoms with Crippen LogP contribution in [-0.2, 0) is 6.54 Å². The van der Waals surface area contributed by atoms with E-state index in [-0.39, 0.29) is 0 Å². The molecule has 2 heterocycles. The minimum absolute atomic E-state index is 0.924. The molecule has 0 unspecified atom stereocenters. The lowest BCUT2D eigenvalue weighted by Gasteiger charge is -2.22. The summed E-state index contributed by atoms with van der Waals surface area (Å²) in [7, 11) is 1.74. The van der Waals surface area contributed by atoms with Gasteiger partial charge in [0.1, 0.15) is 5.75 Å². The Hall–Kier alpha value is -1.11. The standard InChI is InChI=1S/C17H22BrN3OS/c1-13-12-23-17(19-13)21-7-3-6-20(8-9-21)11-14-10-15(18)4-5-16(14)22-2/h4-5,10,12H,3,6-9,11H2,1-2H3. The van der Waals surface area contributed by atoms with Crippen LogP contribution in [0.25, 0.3) is 0 Å². The van der Waals surface area contributed by atoms with Crippen LogP contribution in [0.5, 0.6) is 5.75 Å². The summed E-state index contributed by atoms with van der Waals surface area (Å²) in [5, 5.41) is 3.29. The number of hydrogen-bond acceptors (Lipinski definition) is 5. The molecular weight excluding hydrogens is 374 g/mol. The smallest absolute Gasteiger partial charge is 0.185 e. The third-order valence-corrected chi connectivity index (χ3v) is 5.61. The lowest BCUT2D eigenvalue weighted by Crippen LogP contribution is -2.30. The van der Waals surface area contributed by atoms with E-state index in [0.717, 1.165) is 60.2 Å². The first-order valence-electron chi connectivity index (χ1n) is 7.87. The fourth-order valence-corrected chi connectivity index (χ4v) is 4.18. The Balaban J connectivity index is 1.65. The summed E-state index contributed by atoms with van der Waals surface area (Å²) in [4.78, 5) is 9.54. The number of ether oxygens (including phenoxy) is 1. The minimum Gasteiger partial charge on any atom is -0.496 e. The van der Waals surface area contributed by atoms with E-state index in [1.165, 1.54) is 5.56 Å². The van der Waals surface area contributed by atoms with Crippen LogP contribution in [-0.4, -0.2) is 43.2 Å². The van der Waals surface area contributed by atoms with Crippen LogP contribution in [0, 0.1) is 6.92 Å². The van der Waals surface area contributed by atoms with E-state index in [1.807, 2.05) is 12.1 Å². The molecule has 0 aliphatic carbocycles.